The highest BCUT2D eigenvalue weighted by molar-refractivity contribution is 5.79. The summed E-state index contributed by atoms with van der Waals surface area (Å²) in [5.74, 6) is 0.714. The van der Waals surface area contributed by atoms with E-state index in [0.717, 1.165) is 39.1 Å². The third kappa shape index (κ3) is 5.02. The van der Waals surface area contributed by atoms with Crippen LogP contribution in [0.15, 0.2) is 4.99 Å². The summed E-state index contributed by atoms with van der Waals surface area (Å²) < 4.78 is 0. The van der Waals surface area contributed by atoms with Crippen LogP contribution in [0.4, 0.5) is 0 Å². The van der Waals surface area contributed by atoms with Gasteiger partial charge in [-0.1, -0.05) is 20.8 Å². The average Bonchev–Trinajstić information content (AvgIpc) is 2.49. The molecule has 0 bridgehead atoms. The molecule has 0 unspecified atom stereocenters. The summed E-state index contributed by atoms with van der Waals surface area (Å²) >= 11 is 0. The average molecular weight is 212 g/mol. The van der Waals surface area contributed by atoms with Crippen LogP contribution in [0.25, 0.3) is 0 Å². The molecule has 0 spiro atoms. The van der Waals surface area contributed by atoms with E-state index in [4.69, 9.17) is 5.73 Å². The van der Waals surface area contributed by atoms with Gasteiger partial charge in [-0.25, -0.2) is 0 Å². The first-order valence-electron chi connectivity index (χ1n) is 5.75. The van der Waals surface area contributed by atoms with Gasteiger partial charge in [0.2, 0.25) is 0 Å². The molecule has 0 atom stereocenters. The SMILES string of the molecule is CC(C)(C)CNCCCN1CCN=C1N. The smallest absolute Gasteiger partial charge is 0.191 e. The zero-order valence-electron chi connectivity index (χ0n) is 10.2. The minimum absolute atomic E-state index is 0.369. The second-order valence-electron chi connectivity index (χ2n) is 5.32. The fraction of sp³-hybridized carbons (Fsp3) is 0.909. The van der Waals surface area contributed by atoms with E-state index in [2.05, 4.69) is 36.0 Å². The highest BCUT2D eigenvalue weighted by atomic mass is 15.3. The summed E-state index contributed by atoms with van der Waals surface area (Å²) in [7, 11) is 0. The normalized spacial score (nSPS) is 17.0. The molecular weight excluding hydrogens is 188 g/mol. The van der Waals surface area contributed by atoms with Gasteiger partial charge in [-0.05, 0) is 24.9 Å². The number of nitrogens with two attached hydrogens (primary N) is 1. The van der Waals surface area contributed by atoms with Crippen molar-refractivity contribution in [3.63, 3.8) is 0 Å². The largest absolute Gasteiger partial charge is 0.370 e. The lowest BCUT2D eigenvalue weighted by atomic mass is 9.97. The van der Waals surface area contributed by atoms with E-state index < -0.39 is 0 Å². The molecule has 4 nitrogen and oxygen atoms in total. The fourth-order valence-corrected chi connectivity index (χ4v) is 1.58. The van der Waals surface area contributed by atoms with Gasteiger partial charge in [0.05, 0.1) is 6.54 Å². The summed E-state index contributed by atoms with van der Waals surface area (Å²) in [4.78, 5) is 6.31. The molecule has 0 saturated carbocycles. The van der Waals surface area contributed by atoms with E-state index in [1.54, 1.807) is 0 Å². The zero-order valence-corrected chi connectivity index (χ0v) is 10.2. The third-order valence-electron chi connectivity index (χ3n) is 2.40. The minimum atomic E-state index is 0.369. The lowest BCUT2D eigenvalue weighted by molar-refractivity contribution is 0.368. The molecule has 3 N–H and O–H groups in total. The maximum atomic E-state index is 5.72. The van der Waals surface area contributed by atoms with Gasteiger partial charge in [0, 0.05) is 13.1 Å². The van der Waals surface area contributed by atoms with Gasteiger partial charge in [-0.2, -0.15) is 0 Å². The van der Waals surface area contributed by atoms with Gasteiger partial charge in [0.15, 0.2) is 5.96 Å². The third-order valence-corrected chi connectivity index (χ3v) is 2.40. The van der Waals surface area contributed by atoms with Crippen molar-refractivity contribution in [1.82, 2.24) is 10.2 Å². The quantitative estimate of drug-likeness (QED) is 0.658. The van der Waals surface area contributed by atoms with Crippen LogP contribution in [0, 0.1) is 5.41 Å². The van der Waals surface area contributed by atoms with E-state index in [1.165, 1.54) is 0 Å². The highest BCUT2D eigenvalue weighted by Gasteiger charge is 2.12. The van der Waals surface area contributed by atoms with Crippen LogP contribution in [-0.4, -0.2) is 43.6 Å². The highest BCUT2D eigenvalue weighted by Crippen LogP contribution is 2.10. The molecule has 1 rings (SSSR count). The molecule has 0 aromatic heterocycles. The number of hydrogen-bond donors (Lipinski definition) is 2. The molecule has 0 fully saturated rings. The first kappa shape index (κ1) is 12.3. The number of nitrogens with one attached hydrogen (secondary N) is 1. The Balaban J connectivity index is 2.00. The molecule has 1 aliphatic rings. The summed E-state index contributed by atoms with van der Waals surface area (Å²) in [5, 5.41) is 3.46. The molecule has 0 aromatic carbocycles. The molecule has 1 heterocycles. The summed E-state index contributed by atoms with van der Waals surface area (Å²) in [6, 6.07) is 0. The van der Waals surface area contributed by atoms with Crippen LogP contribution in [0.5, 0.6) is 0 Å². The molecule has 0 amide bonds. The van der Waals surface area contributed by atoms with Crippen molar-refractivity contribution in [3.05, 3.63) is 0 Å². The van der Waals surface area contributed by atoms with E-state index in [0.29, 0.717) is 11.4 Å². The van der Waals surface area contributed by atoms with Crippen molar-refractivity contribution in [2.45, 2.75) is 27.2 Å². The molecule has 0 radical (unpaired) electrons. The standard InChI is InChI=1S/C11H24N4/c1-11(2,3)9-13-5-4-7-15-8-6-14-10(15)12/h13H,4-9H2,1-3H3,(H2,12,14). The van der Waals surface area contributed by atoms with Gasteiger partial charge in [0.25, 0.3) is 0 Å². The number of aliphatic imine (C=N–C) groups is 1. The number of guanidine groups is 1. The molecule has 15 heavy (non-hydrogen) atoms. The maximum Gasteiger partial charge on any atom is 0.191 e. The molecule has 0 aliphatic carbocycles. The first-order chi connectivity index (χ1) is 6.99. The Morgan fingerprint density at radius 3 is 2.73 bits per heavy atom. The van der Waals surface area contributed by atoms with Crippen LogP contribution in [0.2, 0.25) is 0 Å². The molecule has 88 valence electrons. The Morgan fingerprint density at radius 2 is 2.20 bits per heavy atom. The van der Waals surface area contributed by atoms with Crippen molar-refractivity contribution in [1.29, 1.82) is 0 Å². The predicted molar refractivity (Wildman–Crippen MR) is 65.0 cm³/mol. The molecule has 0 aromatic rings. The number of hydrogen-bond acceptors (Lipinski definition) is 4. The molecular formula is C11H24N4. The lowest BCUT2D eigenvalue weighted by Gasteiger charge is -2.20. The summed E-state index contributed by atoms with van der Waals surface area (Å²) in [6.45, 7) is 11.7. The second kappa shape index (κ2) is 5.35. The topological polar surface area (TPSA) is 53.6 Å². The van der Waals surface area contributed by atoms with Gasteiger partial charge >= 0.3 is 0 Å². The van der Waals surface area contributed by atoms with E-state index in [1.807, 2.05) is 0 Å². The number of rotatable bonds is 5. The summed E-state index contributed by atoms with van der Waals surface area (Å²) in [5.41, 5.74) is 6.09. The Labute approximate surface area is 92.9 Å². The van der Waals surface area contributed by atoms with Crippen LogP contribution >= 0.6 is 0 Å². The predicted octanol–water partition coefficient (Wildman–Crippen LogP) is 0.643. The molecule has 1 aliphatic heterocycles. The maximum absolute atomic E-state index is 5.72. The van der Waals surface area contributed by atoms with Crippen molar-refractivity contribution in [2.75, 3.05) is 32.7 Å². The van der Waals surface area contributed by atoms with Crippen LogP contribution < -0.4 is 11.1 Å². The van der Waals surface area contributed by atoms with Gasteiger partial charge in [-0.15, -0.1) is 0 Å². The first-order valence-corrected chi connectivity index (χ1v) is 5.75. The van der Waals surface area contributed by atoms with E-state index in [9.17, 15) is 0 Å². The Kier molecular flexibility index (Phi) is 4.39. The summed E-state index contributed by atoms with van der Waals surface area (Å²) in [6.07, 6.45) is 1.13. The van der Waals surface area contributed by atoms with Crippen LogP contribution in [0.3, 0.4) is 0 Å². The Bertz CT molecular complexity index is 217. The van der Waals surface area contributed by atoms with Gasteiger partial charge < -0.3 is 16.0 Å². The molecule has 4 heteroatoms. The van der Waals surface area contributed by atoms with Crippen molar-refractivity contribution >= 4 is 5.96 Å². The van der Waals surface area contributed by atoms with Crippen molar-refractivity contribution in [3.8, 4) is 0 Å². The fourth-order valence-electron chi connectivity index (χ4n) is 1.58. The Hall–Kier alpha value is -0.770. The van der Waals surface area contributed by atoms with Crippen LogP contribution in [0.1, 0.15) is 27.2 Å². The van der Waals surface area contributed by atoms with Crippen LogP contribution in [-0.2, 0) is 0 Å². The number of nitrogens with zero attached hydrogens (tertiary/aromatic N) is 2. The van der Waals surface area contributed by atoms with Gasteiger partial charge in [0.1, 0.15) is 0 Å². The van der Waals surface area contributed by atoms with E-state index >= 15 is 0 Å². The minimum Gasteiger partial charge on any atom is -0.370 e. The van der Waals surface area contributed by atoms with E-state index in [-0.39, 0.29) is 0 Å². The monoisotopic (exact) mass is 212 g/mol. The second-order valence-corrected chi connectivity index (χ2v) is 5.32. The molecule has 0 saturated heterocycles. The zero-order chi connectivity index (χ0) is 11.3. The van der Waals surface area contributed by atoms with Gasteiger partial charge in [-0.3, -0.25) is 4.99 Å². The Morgan fingerprint density at radius 1 is 1.47 bits per heavy atom. The van der Waals surface area contributed by atoms with Crippen molar-refractivity contribution < 1.29 is 0 Å². The lowest BCUT2D eigenvalue weighted by Crippen LogP contribution is -2.36. The van der Waals surface area contributed by atoms with Crippen molar-refractivity contribution in [2.24, 2.45) is 16.1 Å².